The first-order valence-electron chi connectivity index (χ1n) is 6.64. The first-order valence-corrected chi connectivity index (χ1v) is 7.63. The van der Waals surface area contributed by atoms with Gasteiger partial charge in [0.25, 0.3) is 0 Å². The number of urea groups is 1. The summed E-state index contributed by atoms with van der Waals surface area (Å²) in [6, 6.07) is -0.261. The first kappa shape index (κ1) is 16.1. The highest BCUT2D eigenvalue weighted by Gasteiger charge is 2.29. The summed E-state index contributed by atoms with van der Waals surface area (Å²) in [5.41, 5.74) is 0. The Morgan fingerprint density at radius 3 is 2.53 bits per heavy atom. The van der Waals surface area contributed by atoms with E-state index in [1.54, 1.807) is 4.90 Å². The molecule has 2 amide bonds. The number of carbonyl (C=O) groups is 2. The van der Waals surface area contributed by atoms with Crippen molar-refractivity contribution in [2.75, 3.05) is 25.4 Å². The van der Waals surface area contributed by atoms with Crippen LogP contribution < -0.4 is 0 Å². The van der Waals surface area contributed by atoms with E-state index in [1.165, 1.54) is 4.90 Å². The Balaban J connectivity index is 2.71. The molecule has 0 aliphatic carbocycles. The number of carboxylic acid groups (broad SMARTS) is 1. The normalized spacial score (nSPS) is 19.1. The van der Waals surface area contributed by atoms with Crippen molar-refractivity contribution >= 4 is 23.8 Å². The van der Waals surface area contributed by atoms with E-state index in [2.05, 4.69) is 13.8 Å². The minimum atomic E-state index is -0.966. The number of thioether (sulfide) groups is 1. The van der Waals surface area contributed by atoms with E-state index in [0.717, 1.165) is 12.2 Å². The van der Waals surface area contributed by atoms with Crippen LogP contribution in [0.5, 0.6) is 0 Å². The third kappa shape index (κ3) is 4.93. The lowest BCUT2D eigenvalue weighted by Crippen LogP contribution is -2.49. The number of nitrogens with zero attached hydrogens (tertiary/aromatic N) is 2. The molecule has 1 fully saturated rings. The highest BCUT2D eigenvalue weighted by molar-refractivity contribution is 8.00. The first-order chi connectivity index (χ1) is 8.73. The van der Waals surface area contributed by atoms with Crippen LogP contribution in [-0.2, 0) is 4.79 Å². The molecule has 0 aromatic heterocycles. The minimum Gasteiger partial charge on any atom is -0.480 e. The fraction of sp³-hybridized carbons (Fsp3) is 0.846. The third-order valence-corrected chi connectivity index (χ3v) is 4.66. The molecule has 0 unspecified atom stereocenters. The van der Waals surface area contributed by atoms with Crippen LogP contribution in [0.15, 0.2) is 0 Å². The molecule has 0 atom stereocenters. The van der Waals surface area contributed by atoms with Gasteiger partial charge in [0, 0.05) is 29.6 Å². The van der Waals surface area contributed by atoms with Crippen LogP contribution >= 0.6 is 11.8 Å². The monoisotopic (exact) mass is 288 g/mol. The third-order valence-electron chi connectivity index (χ3n) is 3.28. The average Bonchev–Trinajstić information content (AvgIpc) is 2.45. The average molecular weight is 288 g/mol. The molecule has 0 spiro atoms. The van der Waals surface area contributed by atoms with Crippen LogP contribution in [0.1, 0.15) is 34.1 Å². The second kappa shape index (κ2) is 6.50. The molecular weight excluding hydrogens is 264 g/mol. The van der Waals surface area contributed by atoms with Crippen molar-refractivity contribution in [2.45, 2.75) is 44.9 Å². The number of carbonyl (C=O) groups excluding carboxylic acids is 1. The summed E-state index contributed by atoms with van der Waals surface area (Å²) in [4.78, 5) is 26.5. The van der Waals surface area contributed by atoms with E-state index < -0.39 is 5.97 Å². The van der Waals surface area contributed by atoms with E-state index in [0.29, 0.717) is 13.1 Å². The second-order valence-corrected chi connectivity index (χ2v) is 7.55. The predicted molar refractivity (Wildman–Crippen MR) is 77.6 cm³/mol. The standard InChI is InChI=1S/C13H24N2O3S/c1-10(2)15(9-11(16)17)12(18)14-6-5-13(3,4)19-8-7-14/h10H,5-9H2,1-4H3,(H,16,17). The Kier molecular flexibility index (Phi) is 5.52. The van der Waals surface area contributed by atoms with Gasteiger partial charge in [-0.3, -0.25) is 4.79 Å². The molecule has 1 rings (SSSR count). The topological polar surface area (TPSA) is 60.9 Å². The predicted octanol–water partition coefficient (Wildman–Crippen LogP) is 2.12. The zero-order chi connectivity index (χ0) is 14.6. The van der Waals surface area contributed by atoms with Gasteiger partial charge in [-0.2, -0.15) is 11.8 Å². The zero-order valence-electron chi connectivity index (χ0n) is 12.2. The van der Waals surface area contributed by atoms with Crippen molar-refractivity contribution in [3.05, 3.63) is 0 Å². The van der Waals surface area contributed by atoms with E-state index >= 15 is 0 Å². The summed E-state index contributed by atoms with van der Waals surface area (Å²) in [6.45, 7) is 9.21. The van der Waals surface area contributed by atoms with Crippen molar-refractivity contribution in [1.29, 1.82) is 0 Å². The van der Waals surface area contributed by atoms with Gasteiger partial charge in [0.2, 0.25) is 0 Å². The fourth-order valence-electron chi connectivity index (χ4n) is 2.01. The molecule has 6 heteroatoms. The number of hydrogen-bond acceptors (Lipinski definition) is 3. The van der Waals surface area contributed by atoms with Gasteiger partial charge in [0.05, 0.1) is 0 Å². The maximum absolute atomic E-state index is 12.4. The number of hydrogen-bond donors (Lipinski definition) is 1. The summed E-state index contributed by atoms with van der Waals surface area (Å²) in [5.74, 6) is -0.0656. The SMILES string of the molecule is CC(C)N(CC(=O)O)C(=O)N1CCSC(C)(C)CC1. The molecule has 0 radical (unpaired) electrons. The number of rotatable bonds is 3. The number of aliphatic carboxylic acids is 1. The van der Waals surface area contributed by atoms with Crippen molar-refractivity contribution in [2.24, 2.45) is 0 Å². The molecule has 0 aromatic rings. The maximum atomic E-state index is 12.4. The molecule has 0 aromatic carbocycles. The van der Waals surface area contributed by atoms with Gasteiger partial charge in [0.15, 0.2) is 0 Å². The number of amides is 2. The Labute approximate surface area is 119 Å². The highest BCUT2D eigenvalue weighted by atomic mass is 32.2. The largest absolute Gasteiger partial charge is 0.480 e. The van der Waals surface area contributed by atoms with Crippen LogP contribution in [0.4, 0.5) is 4.79 Å². The minimum absolute atomic E-state index is 0.104. The van der Waals surface area contributed by atoms with Crippen molar-refractivity contribution < 1.29 is 14.7 Å². The lowest BCUT2D eigenvalue weighted by molar-refractivity contribution is -0.138. The molecule has 1 aliphatic heterocycles. The molecule has 1 aliphatic rings. The molecule has 1 N–H and O–H groups in total. The van der Waals surface area contributed by atoms with Crippen molar-refractivity contribution in [1.82, 2.24) is 9.80 Å². The summed E-state index contributed by atoms with van der Waals surface area (Å²) < 4.78 is 0.185. The van der Waals surface area contributed by atoms with Gasteiger partial charge in [-0.25, -0.2) is 4.79 Å². The molecule has 19 heavy (non-hydrogen) atoms. The molecule has 1 heterocycles. The quantitative estimate of drug-likeness (QED) is 0.864. The van der Waals surface area contributed by atoms with E-state index in [-0.39, 0.29) is 23.4 Å². The highest BCUT2D eigenvalue weighted by Crippen LogP contribution is 2.30. The summed E-state index contributed by atoms with van der Waals surface area (Å²) in [5, 5.41) is 8.90. The lowest BCUT2D eigenvalue weighted by Gasteiger charge is -2.31. The summed E-state index contributed by atoms with van der Waals surface area (Å²) in [7, 11) is 0. The zero-order valence-corrected chi connectivity index (χ0v) is 13.0. The van der Waals surface area contributed by atoms with Gasteiger partial charge in [0.1, 0.15) is 6.54 Å². The van der Waals surface area contributed by atoms with Crippen LogP contribution in [0.3, 0.4) is 0 Å². The summed E-state index contributed by atoms with van der Waals surface area (Å²) in [6.07, 6.45) is 0.933. The molecule has 5 nitrogen and oxygen atoms in total. The van der Waals surface area contributed by atoms with Crippen molar-refractivity contribution in [3.8, 4) is 0 Å². The van der Waals surface area contributed by atoms with Gasteiger partial charge in [-0.15, -0.1) is 0 Å². The van der Waals surface area contributed by atoms with E-state index in [4.69, 9.17) is 5.11 Å². The Morgan fingerprint density at radius 2 is 2.00 bits per heavy atom. The lowest BCUT2D eigenvalue weighted by atomic mass is 10.1. The Morgan fingerprint density at radius 1 is 1.37 bits per heavy atom. The van der Waals surface area contributed by atoms with E-state index in [9.17, 15) is 9.59 Å². The fourth-order valence-corrected chi connectivity index (χ4v) is 3.11. The van der Waals surface area contributed by atoms with Gasteiger partial charge in [-0.1, -0.05) is 13.8 Å². The Hall–Kier alpha value is -0.910. The van der Waals surface area contributed by atoms with E-state index in [1.807, 2.05) is 25.6 Å². The Bertz CT molecular complexity index is 345. The van der Waals surface area contributed by atoms with Crippen LogP contribution in [-0.4, -0.2) is 63.1 Å². The van der Waals surface area contributed by atoms with Gasteiger partial charge in [-0.05, 0) is 20.3 Å². The molecule has 0 bridgehead atoms. The smallest absolute Gasteiger partial charge is 0.323 e. The maximum Gasteiger partial charge on any atom is 0.323 e. The van der Waals surface area contributed by atoms with Crippen LogP contribution in [0.25, 0.3) is 0 Å². The molecule has 0 saturated carbocycles. The number of carboxylic acids is 1. The molecular formula is C13H24N2O3S. The van der Waals surface area contributed by atoms with Crippen molar-refractivity contribution in [3.63, 3.8) is 0 Å². The summed E-state index contributed by atoms with van der Waals surface area (Å²) >= 11 is 1.87. The van der Waals surface area contributed by atoms with Gasteiger partial charge >= 0.3 is 12.0 Å². The molecule has 110 valence electrons. The van der Waals surface area contributed by atoms with Gasteiger partial charge < -0.3 is 14.9 Å². The van der Waals surface area contributed by atoms with Crippen LogP contribution in [0, 0.1) is 0 Å². The van der Waals surface area contributed by atoms with Crippen LogP contribution in [0.2, 0.25) is 0 Å². The molecule has 1 saturated heterocycles. The second-order valence-electron chi connectivity index (χ2n) is 5.74.